The number of aromatic nitrogens is 2. The zero-order valence-electron chi connectivity index (χ0n) is 15.7. The molecule has 1 aromatic carbocycles. The van der Waals surface area contributed by atoms with E-state index in [4.69, 9.17) is 0 Å². The number of carbonyl (C=O) groups excluding carboxylic acids is 1. The molecule has 0 bridgehead atoms. The molecule has 140 valence electrons. The van der Waals surface area contributed by atoms with Crippen molar-refractivity contribution in [2.24, 2.45) is 5.92 Å². The van der Waals surface area contributed by atoms with Crippen molar-refractivity contribution in [2.45, 2.75) is 39.2 Å². The molecule has 0 saturated carbocycles. The zero-order chi connectivity index (χ0) is 18.7. The molecule has 5 nitrogen and oxygen atoms in total. The summed E-state index contributed by atoms with van der Waals surface area (Å²) in [6, 6.07) is 7.97. The minimum absolute atomic E-state index is 0.113. The lowest BCUT2D eigenvalue weighted by molar-refractivity contribution is 0.0655. The number of benzene rings is 1. The lowest BCUT2D eigenvalue weighted by Gasteiger charge is -2.43. The van der Waals surface area contributed by atoms with Gasteiger partial charge in [0.15, 0.2) is 5.69 Å². The van der Waals surface area contributed by atoms with E-state index in [0.29, 0.717) is 18.2 Å². The molecular weight excluding hydrogens is 331 g/mol. The average Bonchev–Trinajstić information content (AvgIpc) is 3.10. The second-order valence-corrected chi connectivity index (χ2v) is 7.79. The van der Waals surface area contributed by atoms with Crippen LogP contribution in [0, 0.1) is 11.7 Å². The van der Waals surface area contributed by atoms with Crippen LogP contribution in [0.25, 0.3) is 5.69 Å². The Kier molecular flexibility index (Phi) is 5.41. The first-order chi connectivity index (χ1) is 12.4. The molecule has 1 aromatic heterocycles. The predicted molar refractivity (Wildman–Crippen MR) is 99.9 cm³/mol. The number of likely N-dealkylation sites (tertiary alicyclic amines) is 1. The lowest BCUT2D eigenvalue weighted by atomic mass is 9.93. The highest BCUT2D eigenvalue weighted by molar-refractivity contribution is 5.92. The predicted octanol–water partition coefficient (Wildman–Crippen LogP) is 3.25. The minimum atomic E-state index is -0.372. The topological polar surface area (TPSA) is 50.2 Å². The standard InChI is InChI=1S/C20H27FN4O/c1-15-7-6-11-24(13-15)20(2,3)14-22-19(26)17-10-12-25(23-17)18-9-5-4-8-16(18)21/h4-5,8-10,12,15H,6-7,11,13-14H2,1-3H3,(H,22,26). The van der Waals surface area contributed by atoms with Crippen LogP contribution in [0.3, 0.4) is 0 Å². The van der Waals surface area contributed by atoms with Crippen LogP contribution in [0.2, 0.25) is 0 Å². The zero-order valence-corrected chi connectivity index (χ0v) is 15.7. The Bertz CT molecular complexity index is 771. The molecule has 0 spiro atoms. The number of para-hydroxylation sites is 1. The van der Waals surface area contributed by atoms with E-state index in [1.165, 1.54) is 23.6 Å². The molecule has 6 heteroatoms. The molecule has 1 saturated heterocycles. The molecule has 1 N–H and O–H groups in total. The second-order valence-electron chi connectivity index (χ2n) is 7.79. The number of piperidine rings is 1. The van der Waals surface area contributed by atoms with Gasteiger partial charge in [-0.1, -0.05) is 19.1 Å². The summed E-state index contributed by atoms with van der Waals surface area (Å²) in [7, 11) is 0. The summed E-state index contributed by atoms with van der Waals surface area (Å²) < 4.78 is 15.3. The van der Waals surface area contributed by atoms with Crippen molar-refractivity contribution >= 4 is 5.91 Å². The molecular formula is C20H27FN4O. The maximum atomic E-state index is 13.9. The van der Waals surface area contributed by atoms with E-state index in [2.05, 4.69) is 36.1 Å². The molecule has 2 aromatic rings. The van der Waals surface area contributed by atoms with Crippen LogP contribution < -0.4 is 5.32 Å². The Balaban J connectivity index is 1.63. The van der Waals surface area contributed by atoms with E-state index >= 15 is 0 Å². The fourth-order valence-electron chi connectivity index (χ4n) is 3.45. The first-order valence-corrected chi connectivity index (χ1v) is 9.20. The fourth-order valence-corrected chi connectivity index (χ4v) is 3.45. The monoisotopic (exact) mass is 358 g/mol. The van der Waals surface area contributed by atoms with Gasteiger partial charge in [0.1, 0.15) is 11.5 Å². The summed E-state index contributed by atoms with van der Waals surface area (Å²) in [5.74, 6) is 0.0799. The first kappa shape index (κ1) is 18.6. The van der Waals surface area contributed by atoms with Gasteiger partial charge in [0.25, 0.3) is 5.91 Å². The van der Waals surface area contributed by atoms with Gasteiger partial charge in [-0.2, -0.15) is 5.10 Å². The summed E-state index contributed by atoms with van der Waals surface area (Å²) in [6.45, 7) is 9.26. The Morgan fingerprint density at radius 1 is 1.35 bits per heavy atom. The van der Waals surface area contributed by atoms with Gasteiger partial charge in [-0.05, 0) is 57.4 Å². The summed E-state index contributed by atoms with van der Waals surface area (Å²) in [5.41, 5.74) is 0.503. The highest BCUT2D eigenvalue weighted by Gasteiger charge is 2.30. The number of halogens is 1. The molecule has 26 heavy (non-hydrogen) atoms. The van der Waals surface area contributed by atoms with E-state index in [1.54, 1.807) is 30.5 Å². The number of carbonyl (C=O) groups is 1. The van der Waals surface area contributed by atoms with Gasteiger partial charge in [-0.25, -0.2) is 9.07 Å². The maximum Gasteiger partial charge on any atom is 0.271 e. The highest BCUT2D eigenvalue weighted by atomic mass is 19.1. The van der Waals surface area contributed by atoms with E-state index in [0.717, 1.165) is 13.1 Å². The largest absolute Gasteiger partial charge is 0.349 e. The van der Waals surface area contributed by atoms with Gasteiger partial charge in [-0.15, -0.1) is 0 Å². The summed E-state index contributed by atoms with van der Waals surface area (Å²) in [4.78, 5) is 14.9. The van der Waals surface area contributed by atoms with Crippen molar-refractivity contribution in [3.63, 3.8) is 0 Å². The van der Waals surface area contributed by atoms with E-state index < -0.39 is 0 Å². The van der Waals surface area contributed by atoms with Crippen LogP contribution in [0.1, 0.15) is 44.1 Å². The summed E-state index contributed by atoms with van der Waals surface area (Å²) >= 11 is 0. The molecule has 1 amide bonds. The second kappa shape index (κ2) is 7.58. The van der Waals surface area contributed by atoms with E-state index in [1.807, 2.05) is 0 Å². The van der Waals surface area contributed by atoms with Gasteiger partial charge in [0.2, 0.25) is 0 Å². The lowest BCUT2D eigenvalue weighted by Crippen LogP contribution is -2.54. The summed E-state index contributed by atoms with van der Waals surface area (Å²) in [5, 5.41) is 7.20. The molecule has 1 fully saturated rings. The van der Waals surface area contributed by atoms with Crippen molar-refractivity contribution in [3.05, 3.63) is 48.0 Å². The number of hydrogen-bond acceptors (Lipinski definition) is 3. The highest BCUT2D eigenvalue weighted by Crippen LogP contribution is 2.23. The minimum Gasteiger partial charge on any atom is -0.349 e. The third-order valence-electron chi connectivity index (χ3n) is 5.12. The maximum absolute atomic E-state index is 13.9. The van der Waals surface area contributed by atoms with Gasteiger partial charge in [0.05, 0.1) is 0 Å². The van der Waals surface area contributed by atoms with Crippen molar-refractivity contribution in [1.29, 1.82) is 0 Å². The number of hydrogen-bond donors (Lipinski definition) is 1. The third-order valence-corrected chi connectivity index (χ3v) is 5.12. The number of rotatable bonds is 5. The van der Waals surface area contributed by atoms with Crippen LogP contribution in [0.15, 0.2) is 36.5 Å². The third kappa shape index (κ3) is 4.12. The Labute approximate surface area is 154 Å². The van der Waals surface area contributed by atoms with Crippen molar-refractivity contribution in [2.75, 3.05) is 19.6 Å². The van der Waals surface area contributed by atoms with Gasteiger partial charge < -0.3 is 5.32 Å². The molecule has 0 aliphatic carbocycles. The Morgan fingerprint density at radius 2 is 2.12 bits per heavy atom. The smallest absolute Gasteiger partial charge is 0.271 e. The van der Waals surface area contributed by atoms with Crippen molar-refractivity contribution in [3.8, 4) is 5.69 Å². The Hall–Kier alpha value is -2.21. The average molecular weight is 358 g/mol. The molecule has 2 heterocycles. The normalized spacial score (nSPS) is 18.7. The van der Waals surface area contributed by atoms with Crippen LogP contribution >= 0.6 is 0 Å². The summed E-state index contributed by atoms with van der Waals surface area (Å²) in [6.07, 6.45) is 4.07. The van der Waals surface area contributed by atoms with Gasteiger partial charge in [-0.3, -0.25) is 9.69 Å². The van der Waals surface area contributed by atoms with Crippen LogP contribution in [0.5, 0.6) is 0 Å². The number of nitrogens with one attached hydrogen (secondary N) is 1. The number of amides is 1. The van der Waals surface area contributed by atoms with Gasteiger partial charge >= 0.3 is 0 Å². The van der Waals surface area contributed by atoms with Crippen LogP contribution in [-0.2, 0) is 0 Å². The quantitative estimate of drug-likeness (QED) is 0.893. The van der Waals surface area contributed by atoms with E-state index in [9.17, 15) is 9.18 Å². The van der Waals surface area contributed by atoms with Crippen LogP contribution in [-0.4, -0.2) is 45.8 Å². The molecule has 1 aliphatic rings. The fraction of sp³-hybridized carbons (Fsp3) is 0.500. The van der Waals surface area contributed by atoms with Gasteiger partial charge in [0, 0.05) is 24.8 Å². The Morgan fingerprint density at radius 3 is 2.85 bits per heavy atom. The molecule has 1 atom stereocenters. The van der Waals surface area contributed by atoms with Crippen LogP contribution in [0.4, 0.5) is 4.39 Å². The molecule has 1 aliphatic heterocycles. The molecule has 1 unspecified atom stereocenters. The first-order valence-electron chi connectivity index (χ1n) is 9.20. The van der Waals surface area contributed by atoms with E-state index in [-0.39, 0.29) is 23.0 Å². The van der Waals surface area contributed by atoms with Crippen molar-refractivity contribution < 1.29 is 9.18 Å². The SMILES string of the molecule is CC1CCCN(C(C)(C)CNC(=O)c2ccn(-c3ccccc3F)n2)C1. The molecule has 3 rings (SSSR count). The number of nitrogens with zero attached hydrogens (tertiary/aromatic N) is 3. The molecule has 0 radical (unpaired) electrons. The van der Waals surface area contributed by atoms with Crippen molar-refractivity contribution in [1.82, 2.24) is 20.0 Å².